The number of rotatable bonds is 2. The van der Waals surface area contributed by atoms with Gasteiger partial charge in [-0.3, -0.25) is 14.5 Å². The van der Waals surface area contributed by atoms with Crippen LogP contribution in [-0.4, -0.2) is 22.8 Å². The van der Waals surface area contributed by atoms with Gasteiger partial charge in [0.15, 0.2) is 0 Å². The minimum atomic E-state index is -0.171. The monoisotopic (exact) mass is 281 g/mol. The minimum Gasteiger partial charge on any atom is -0.269 e. The van der Waals surface area contributed by atoms with Gasteiger partial charge in [0.1, 0.15) is 0 Å². The third kappa shape index (κ3) is 2.13. The van der Waals surface area contributed by atoms with Crippen LogP contribution in [0.2, 0.25) is 0 Å². The first-order valence-corrected chi connectivity index (χ1v) is 7.29. The highest BCUT2D eigenvalue weighted by molar-refractivity contribution is 6.21. The molecule has 1 unspecified atom stereocenters. The number of carbonyl (C=O) groups excluding carboxylic acids is 2. The van der Waals surface area contributed by atoms with E-state index in [4.69, 9.17) is 0 Å². The molecule has 21 heavy (non-hydrogen) atoms. The minimum absolute atomic E-state index is 0.146. The second kappa shape index (κ2) is 4.99. The fourth-order valence-electron chi connectivity index (χ4n) is 3.22. The molecule has 0 radical (unpaired) electrons. The van der Waals surface area contributed by atoms with Gasteiger partial charge in [-0.05, 0) is 44.7 Å². The first kappa shape index (κ1) is 13.8. The summed E-state index contributed by atoms with van der Waals surface area (Å²) in [7, 11) is 0. The zero-order chi connectivity index (χ0) is 15.1. The smallest absolute Gasteiger partial charge is 0.262 e. The number of imide groups is 1. The van der Waals surface area contributed by atoms with Crippen molar-refractivity contribution in [1.29, 1.82) is 0 Å². The second-order valence-corrected chi connectivity index (χ2v) is 6.00. The molecule has 1 aromatic carbocycles. The zero-order valence-corrected chi connectivity index (χ0v) is 12.4. The Morgan fingerprint density at radius 1 is 1.19 bits per heavy atom. The Labute approximate surface area is 125 Å². The third-order valence-electron chi connectivity index (χ3n) is 4.59. The fourth-order valence-corrected chi connectivity index (χ4v) is 3.22. The lowest BCUT2D eigenvalue weighted by atomic mass is 9.82. The van der Waals surface area contributed by atoms with Crippen LogP contribution in [0, 0.1) is 5.92 Å². The van der Waals surface area contributed by atoms with E-state index >= 15 is 0 Å². The van der Waals surface area contributed by atoms with E-state index in [1.807, 2.05) is 13.8 Å². The summed E-state index contributed by atoms with van der Waals surface area (Å²) in [5, 5.41) is 0. The van der Waals surface area contributed by atoms with Crippen LogP contribution in [0.15, 0.2) is 48.1 Å². The predicted molar refractivity (Wildman–Crippen MR) is 82.0 cm³/mol. The van der Waals surface area contributed by atoms with Crippen LogP contribution in [0.1, 0.15) is 47.4 Å². The van der Waals surface area contributed by atoms with Gasteiger partial charge in [-0.1, -0.05) is 35.9 Å². The lowest BCUT2D eigenvalue weighted by molar-refractivity contribution is 0.0588. The molecular weight excluding hydrogens is 262 g/mol. The molecule has 3 heteroatoms. The molecule has 1 aliphatic heterocycles. The van der Waals surface area contributed by atoms with Gasteiger partial charge in [-0.25, -0.2) is 0 Å². The Morgan fingerprint density at radius 2 is 1.76 bits per heavy atom. The summed E-state index contributed by atoms with van der Waals surface area (Å²) in [6.45, 7) is 8.04. The number of carbonyl (C=O) groups is 2. The van der Waals surface area contributed by atoms with Crippen molar-refractivity contribution in [2.45, 2.75) is 32.7 Å². The summed E-state index contributed by atoms with van der Waals surface area (Å²) in [5.74, 6) is -0.00515. The van der Waals surface area contributed by atoms with Gasteiger partial charge in [-0.15, -0.1) is 0 Å². The SMILES string of the molecule is C=C(C)[C@H]1CC=C(C)C(N2C(=O)c3ccccc3C2=O)C1. The van der Waals surface area contributed by atoms with Crippen molar-refractivity contribution in [1.82, 2.24) is 4.90 Å². The average Bonchev–Trinajstić information content (AvgIpc) is 2.72. The van der Waals surface area contributed by atoms with Crippen LogP contribution >= 0.6 is 0 Å². The van der Waals surface area contributed by atoms with E-state index < -0.39 is 0 Å². The maximum Gasteiger partial charge on any atom is 0.262 e. The van der Waals surface area contributed by atoms with Crippen LogP contribution in [0.25, 0.3) is 0 Å². The molecule has 2 aliphatic rings. The summed E-state index contributed by atoms with van der Waals surface area (Å²) >= 11 is 0. The highest BCUT2D eigenvalue weighted by atomic mass is 16.2. The van der Waals surface area contributed by atoms with Crippen LogP contribution < -0.4 is 0 Å². The molecule has 108 valence electrons. The topological polar surface area (TPSA) is 37.4 Å². The maximum atomic E-state index is 12.6. The van der Waals surface area contributed by atoms with E-state index in [1.54, 1.807) is 24.3 Å². The van der Waals surface area contributed by atoms with Crippen molar-refractivity contribution in [3.8, 4) is 0 Å². The van der Waals surface area contributed by atoms with Crippen LogP contribution in [0.4, 0.5) is 0 Å². The molecule has 3 rings (SSSR count). The van der Waals surface area contributed by atoms with E-state index in [0.717, 1.165) is 24.0 Å². The predicted octanol–water partition coefficient (Wildman–Crippen LogP) is 3.58. The average molecular weight is 281 g/mol. The Bertz CT molecular complexity index is 637. The highest BCUT2D eigenvalue weighted by Crippen LogP contribution is 2.35. The summed E-state index contributed by atoms with van der Waals surface area (Å²) in [6, 6.07) is 6.91. The second-order valence-electron chi connectivity index (χ2n) is 6.00. The number of hydrogen-bond donors (Lipinski definition) is 0. The Kier molecular flexibility index (Phi) is 3.28. The van der Waals surface area contributed by atoms with Crippen molar-refractivity contribution < 1.29 is 9.59 Å². The van der Waals surface area contributed by atoms with Crippen molar-refractivity contribution in [3.63, 3.8) is 0 Å². The van der Waals surface area contributed by atoms with Crippen molar-refractivity contribution in [3.05, 3.63) is 59.2 Å². The van der Waals surface area contributed by atoms with E-state index in [9.17, 15) is 9.59 Å². The quantitative estimate of drug-likeness (QED) is 0.613. The third-order valence-corrected chi connectivity index (χ3v) is 4.59. The Balaban J connectivity index is 1.97. The van der Waals surface area contributed by atoms with Crippen LogP contribution in [0.5, 0.6) is 0 Å². The standard InChI is InChI=1S/C18H19NO2/c1-11(2)13-9-8-12(3)16(10-13)19-17(20)14-6-4-5-7-15(14)18(19)21/h4-8,13,16H,1,9-10H2,2-3H3/t13-,16?/m0/s1. The van der Waals surface area contributed by atoms with Gasteiger partial charge >= 0.3 is 0 Å². The van der Waals surface area contributed by atoms with Gasteiger partial charge < -0.3 is 0 Å². The van der Waals surface area contributed by atoms with Crippen LogP contribution in [0.3, 0.4) is 0 Å². The molecule has 0 N–H and O–H groups in total. The first-order chi connectivity index (χ1) is 10.0. The van der Waals surface area contributed by atoms with Gasteiger partial charge in [0.25, 0.3) is 11.8 Å². The lowest BCUT2D eigenvalue weighted by Gasteiger charge is -2.34. The van der Waals surface area contributed by atoms with Gasteiger partial charge in [0.2, 0.25) is 0 Å². The summed E-state index contributed by atoms with van der Waals surface area (Å²) < 4.78 is 0. The molecule has 2 atom stereocenters. The molecule has 0 spiro atoms. The van der Waals surface area contributed by atoms with Gasteiger partial charge in [0, 0.05) is 0 Å². The van der Waals surface area contributed by atoms with Gasteiger partial charge in [-0.2, -0.15) is 0 Å². The summed E-state index contributed by atoms with van der Waals surface area (Å²) in [6.07, 6.45) is 3.86. The molecule has 0 fully saturated rings. The number of amides is 2. The van der Waals surface area contributed by atoms with E-state index in [1.165, 1.54) is 4.90 Å². The largest absolute Gasteiger partial charge is 0.269 e. The molecule has 0 bridgehead atoms. The summed E-state index contributed by atoms with van der Waals surface area (Å²) in [5.41, 5.74) is 3.25. The first-order valence-electron chi connectivity index (χ1n) is 7.29. The Morgan fingerprint density at radius 3 is 2.29 bits per heavy atom. The molecule has 1 heterocycles. The van der Waals surface area contributed by atoms with Crippen molar-refractivity contribution in [2.24, 2.45) is 5.92 Å². The van der Waals surface area contributed by atoms with E-state index in [0.29, 0.717) is 17.0 Å². The number of hydrogen-bond acceptors (Lipinski definition) is 2. The molecule has 0 saturated heterocycles. The molecule has 0 aromatic heterocycles. The van der Waals surface area contributed by atoms with Crippen molar-refractivity contribution >= 4 is 11.8 Å². The summed E-state index contributed by atoms with van der Waals surface area (Å²) in [4.78, 5) is 26.6. The molecule has 0 saturated carbocycles. The molecular formula is C18H19NO2. The van der Waals surface area contributed by atoms with E-state index in [-0.39, 0.29) is 17.9 Å². The number of fused-ring (bicyclic) bond motifs is 1. The van der Waals surface area contributed by atoms with Crippen LogP contribution in [-0.2, 0) is 0 Å². The zero-order valence-electron chi connectivity index (χ0n) is 12.4. The number of benzene rings is 1. The van der Waals surface area contributed by atoms with Gasteiger partial charge in [0.05, 0.1) is 17.2 Å². The maximum absolute atomic E-state index is 12.6. The van der Waals surface area contributed by atoms with E-state index in [2.05, 4.69) is 12.7 Å². The molecule has 1 aliphatic carbocycles. The molecule has 2 amide bonds. The Hall–Kier alpha value is -2.16. The molecule has 3 nitrogen and oxygen atoms in total. The number of allylic oxidation sites excluding steroid dienone is 2. The fraction of sp³-hybridized carbons (Fsp3) is 0.333. The lowest BCUT2D eigenvalue weighted by Crippen LogP contribution is -2.43. The number of nitrogens with zero attached hydrogens (tertiary/aromatic N) is 1. The molecule has 1 aromatic rings. The van der Waals surface area contributed by atoms with Crippen molar-refractivity contribution in [2.75, 3.05) is 0 Å². The highest BCUT2D eigenvalue weighted by Gasteiger charge is 2.41. The normalized spacial score (nSPS) is 24.9.